The minimum absolute atomic E-state index is 0.342. The second-order valence-corrected chi connectivity index (χ2v) is 9.67. The topological polar surface area (TPSA) is 87.8 Å². The van der Waals surface area contributed by atoms with Crippen LogP contribution in [0.15, 0.2) is 52.4 Å². The fourth-order valence-corrected chi connectivity index (χ4v) is 5.61. The molecule has 0 aromatic heterocycles. The lowest BCUT2D eigenvalue weighted by atomic mass is 9.90. The van der Waals surface area contributed by atoms with E-state index >= 15 is 0 Å². The molecule has 6 nitrogen and oxygen atoms in total. The van der Waals surface area contributed by atoms with E-state index < -0.39 is 10.0 Å². The summed E-state index contributed by atoms with van der Waals surface area (Å²) in [7, 11) is -3.38. The Labute approximate surface area is 172 Å². The van der Waals surface area contributed by atoms with Crippen LogP contribution < -0.4 is 11.1 Å². The maximum atomic E-state index is 12.6. The molecule has 1 saturated heterocycles. The van der Waals surface area contributed by atoms with E-state index in [4.69, 9.17) is 5.73 Å². The van der Waals surface area contributed by atoms with Gasteiger partial charge in [0.1, 0.15) is 0 Å². The number of nitrogens with two attached hydrogens (primary N) is 1. The number of hydrogen-bond donors (Lipinski definition) is 2. The molecular weight excluding hydrogens is 384 g/mol. The van der Waals surface area contributed by atoms with Gasteiger partial charge >= 0.3 is 0 Å². The minimum Gasteiger partial charge on any atom is -0.370 e. The highest BCUT2D eigenvalue weighted by molar-refractivity contribution is 7.89. The summed E-state index contributed by atoms with van der Waals surface area (Å²) in [5.41, 5.74) is 10.8. The van der Waals surface area contributed by atoms with Gasteiger partial charge in [0.25, 0.3) is 0 Å². The van der Waals surface area contributed by atoms with E-state index in [0.717, 1.165) is 36.9 Å². The predicted octanol–water partition coefficient (Wildman–Crippen LogP) is 3.28. The molecule has 0 amide bonds. The van der Waals surface area contributed by atoms with Crippen LogP contribution in [-0.2, 0) is 29.4 Å². The van der Waals surface area contributed by atoms with Crippen LogP contribution >= 0.6 is 0 Å². The first-order valence-corrected chi connectivity index (χ1v) is 11.7. The van der Waals surface area contributed by atoms with Gasteiger partial charge in [-0.2, -0.15) is 4.31 Å². The van der Waals surface area contributed by atoms with Crippen LogP contribution in [0.2, 0.25) is 0 Å². The Hall–Kier alpha value is -2.38. The molecule has 1 fully saturated rings. The van der Waals surface area contributed by atoms with E-state index in [0.29, 0.717) is 30.5 Å². The molecule has 154 valence electrons. The molecule has 3 N–H and O–H groups in total. The first kappa shape index (κ1) is 19.9. The summed E-state index contributed by atoms with van der Waals surface area (Å²) in [5, 5.41) is 3.24. The van der Waals surface area contributed by atoms with E-state index in [1.807, 2.05) is 18.2 Å². The van der Waals surface area contributed by atoms with Crippen molar-refractivity contribution in [3.05, 3.63) is 59.2 Å². The Morgan fingerprint density at radius 3 is 2.48 bits per heavy atom. The third-order valence-corrected chi connectivity index (χ3v) is 7.63. The number of benzene rings is 2. The Bertz CT molecular complexity index is 994. The smallest absolute Gasteiger partial charge is 0.243 e. The van der Waals surface area contributed by atoms with Crippen LogP contribution in [0.25, 0.3) is 0 Å². The first-order chi connectivity index (χ1) is 14.0. The monoisotopic (exact) mass is 412 g/mol. The lowest BCUT2D eigenvalue weighted by Crippen LogP contribution is -2.27. The number of anilines is 1. The molecular formula is C22H28N4O2S. The number of aliphatic imine (C=N–C) groups is 1. The molecule has 0 unspecified atom stereocenters. The molecule has 0 saturated carbocycles. The highest BCUT2D eigenvalue weighted by Gasteiger charge is 2.26. The quantitative estimate of drug-likeness (QED) is 0.583. The molecule has 0 radical (unpaired) electrons. The van der Waals surface area contributed by atoms with E-state index in [2.05, 4.69) is 22.4 Å². The Balaban J connectivity index is 1.41. The minimum atomic E-state index is -3.38. The van der Waals surface area contributed by atoms with Crippen molar-refractivity contribution < 1.29 is 8.42 Å². The summed E-state index contributed by atoms with van der Waals surface area (Å²) in [5.74, 6) is 0.373. The number of fused-ring (bicyclic) bond motifs is 1. The number of aryl methyl sites for hydroxylation is 1. The van der Waals surface area contributed by atoms with Crippen molar-refractivity contribution in [1.29, 1.82) is 0 Å². The molecule has 4 rings (SSSR count). The third kappa shape index (κ3) is 4.46. The fraction of sp³-hybridized carbons (Fsp3) is 0.409. The second kappa shape index (κ2) is 8.55. The van der Waals surface area contributed by atoms with Crippen LogP contribution in [0.5, 0.6) is 0 Å². The van der Waals surface area contributed by atoms with Crippen molar-refractivity contribution in [3.63, 3.8) is 0 Å². The van der Waals surface area contributed by atoms with Gasteiger partial charge in [-0.05, 0) is 73.4 Å². The normalized spacial score (nSPS) is 17.9. The van der Waals surface area contributed by atoms with E-state index in [1.54, 1.807) is 16.4 Å². The molecule has 0 bridgehead atoms. The number of hydrogen-bond acceptors (Lipinski definition) is 3. The zero-order chi connectivity index (χ0) is 20.3. The maximum absolute atomic E-state index is 12.6. The van der Waals surface area contributed by atoms with Crippen molar-refractivity contribution in [1.82, 2.24) is 4.31 Å². The van der Waals surface area contributed by atoms with Gasteiger partial charge in [-0.25, -0.2) is 13.4 Å². The molecule has 2 aromatic rings. The Morgan fingerprint density at radius 1 is 1.00 bits per heavy atom. The molecule has 1 aliphatic carbocycles. The van der Waals surface area contributed by atoms with Gasteiger partial charge in [-0.3, -0.25) is 0 Å². The van der Waals surface area contributed by atoms with Gasteiger partial charge < -0.3 is 11.1 Å². The van der Waals surface area contributed by atoms with Crippen molar-refractivity contribution in [2.75, 3.05) is 18.4 Å². The molecule has 2 aliphatic rings. The van der Waals surface area contributed by atoms with Gasteiger partial charge in [-0.15, -0.1) is 0 Å². The molecule has 1 aliphatic heterocycles. The lowest BCUT2D eigenvalue weighted by molar-refractivity contribution is 0.477. The Morgan fingerprint density at radius 2 is 1.72 bits per heavy atom. The molecule has 7 heteroatoms. The van der Waals surface area contributed by atoms with Gasteiger partial charge in [0.2, 0.25) is 10.0 Å². The highest BCUT2D eigenvalue weighted by Crippen LogP contribution is 2.27. The van der Waals surface area contributed by atoms with Crippen LogP contribution in [-0.4, -0.2) is 31.8 Å². The number of sulfonamides is 1. The van der Waals surface area contributed by atoms with Crippen molar-refractivity contribution in [2.24, 2.45) is 10.7 Å². The third-order valence-electron chi connectivity index (χ3n) is 5.72. The van der Waals surface area contributed by atoms with E-state index in [9.17, 15) is 8.42 Å². The summed E-state index contributed by atoms with van der Waals surface area (Å²) in [4.78, 5) is 4.77. The first-order valence-electron chi connectivity index (χ1n) is 10.3. The zero-order valence-corrected chi connectivity index (χ0v) is 17.4. The molecule has 0 spiro atoms. The number of rotatable bonds is 5. The lowest BCUT2D eigenvalue weighted by Gasteiger charge is -2.19. The van der Waals surface area contributed by atoms with E-state index in [-0.39, 0.29) is 0 Å². The summed E-state index contributed by atoms with van der Waals surface area (Å²) >= 11 is 0. The van der Waals surface area contributed by atoms with Crippen molar-refractivity contribution in [3.8, 4) is 0 Å². The van der Waals surface area contributed by atoms with Crippen LogP contribution in [0.3, 0.4) is 0 Å². The summed E-state index contributed by atoms with van der Waals surface area (Å²) in [6.45, 7) is 1.62. The van der Waals surface area contributed by atoms with Gasteiger partial charge in [0.15, 0.2) is 5.96 Å². The van der Waals surface area contributed by atoms with Gasteiger partial charge in [0.05, 0.1) is 11.4 Å². The van der Waals surface area contributed by atoms with Crippen LogP contribution in [0.4, 0.5) is 5.69 Å². The number of guanidine groups is 1. The van der Waals surface area contributed by atoms with Crippen molar-refractivity contribution in [2.45, 2.75) is 50.0 Å². The van der Waals surface area contributed by atoms with Crippen LogP contribution in [0.1, 0.15) is 42.4 Å². The summed E-state index contributed by atoms with van der Waals surface area (Å²) < 4.78 is 26.8. The standard InChI is InChI=1S/C22H28N4O2S/c23-22(25-21-9-5-7-18-6-1-2-8-20(18)21)24-16-17-10-12-19(13-11-17)29(27,28)26-14-3-4-15-26/h5,7,9-13H,1-4,6,8,14-16H2,(H3,23,24,25). The maximum Gasteiger partial charge on any atom is 0.243 e. The second-order valence-electron chi connectivity index (χ2n) is 7.73. The summed E-state index contributed by atoms with van der Waals surface area (Å²) in [6.07, 6.45) is 6.50. The predicted molar refractivity (Wildman–Crippen MR) is 116 cm³/mol. The van der Waals surface area contributed by atoms with Crippen LogP contribution in [0, 0.1) is 0 Å². The molecule has 1 heterocycles. The number of nitrogens with zero attached hydrogens (tertiary/aromatic N) is 2. The number of nitrogens with one attached hydrogen (secondary N) is 1. The highest BCUT2D eigenvalue weighted by atomic mass is 32.2. The Kier molecular flexibility index (Phi) is 5.87. The van der Waals surface area contributed by atoms with E-state index in [1.165, 1.54) is 24.0 Å². The largest absolute Gasteiger partial charge is 0.370 e. The van der Waals surface area contributed by atoms with Crippen molar-refractivity contribution >= 4 is 21.7 Å². The average Bonchev–Trinajstić information content (AvgIpc) is 3.29. The van der Waals surface area contributed by atoms with Gasteiger partial charge in [0, 0.05) is 18.8 Å². The molecule has 2 aromatic carbocycles. The van der Waals surface area contributed by atoms with Gasteiger partial charge in [-0.1, -0.05) is 24.3 Å². The fourth-order valence-electron chi connectivity index (χ4n) is 4.10. The summed E-state index contributed by atoms with van der Waals surface area (Å²) in [6, 6.07) is 13.2. The molecule has 0 atom stereocenters. The zero-order valence-electron chi connectivity index (χ0n) is 16.6. The SMILES string of the molecule is NC(=NCc1ccc(S(=O)(=O)N2CCCC2)cc1)Nc1cccc2c1CCCC2. The molecule has 29 heavy (non-hydrogen) atoms. The average molecular weight is 413 g/mol.